The third-order valence-corrected chi connectivity index (χ3v) is 4.49. The fourth-order valence-corrected chi connectivity index (χ4v) is 2.17. The van der Waals surface area contributed by atoms with Gasteiger partial charge in [-0.25, -0.2) is 8.93 Å². The van der Waals surface area contributed by atoms with Gasteiger partial charge in [-0.15, -0.1) is 0 Å². The van der Waals surface area contributed by atoms with Crippen LogP contribution in [0.5, 0.6) is 0 Å². The molecule has 0 aromatic carbocycles. The topological polar surface area (TPSA) is 49.3 Å². The Bertz CT molecular complexity index is 253. The van der Waals surface area contributed by atoms with Crippen molar-refractivity contribution >= 4 is 11.0 Å². The summed E-state index contributed by atoms with van der Waals surface area (Å²) in [5, 5.41) is 10.1. The van der Waals surface area contributed by atoms with E-state index in [1.807, 2.05) is 48.5 Å². The maximum atomic E-state index is 12.0. The Morgan fingerprint density at radius 1 is 1.18 bits per heavy atom. The molecule has 0 rings (SSSR count). The summed E-state index contributed by atoms with van der Waals surface area (Å²) in [6.45, 7) is 13.9. The van der Waals surface area contributed by atoms with Gasteiger partial charge in [0.15, 0.2) is 0 Å². The maximum absolute atomic E-state index is 12.0. The quantitative estimate of drug-likeness (QED) is 0.801. The fraction of sp³-hybridized carbons (Fsp3) is 1.00. The molecule has 3 nitrogen and oxygen atoms in total. The van der Waals surface area contributed by atoms with Crippen LogP contribution in [-0.2, 0) is 11.0 Å². The van der Waals surface area contributed by atoms with Crippen molar-refractivity contribution < 1.29 is 9.32 Å². The molecule has 104 valence electrons. The van der Waals surface area contributed by atoms with Crippen molar-refractivity contribution in [2.45, 2.75) is 78.2 Å². The van der Waals surface area contributed by atoms with E-state index in [1.54, 1.807) is 0 Å². The molecule has 0 fully saturated rings. The van der Waals surface area contributed by atoms with E-state index >= 15 is 0 Å². The fourth-order valence-electron chi connectivity index (χ4n) is 1.25. The molecule has 0 saturated heterocycles. The molecule has 0 aromatic heterocycles. The zero-order valence-electron chi connectivity index (χ0n) is 12.3. The van der Waals surface area contributed by atoms with E-state index < -0.39 is 11.0 Å². The van der Waals surface area contributed by atoms with Crippen LogP contribution < -0.4 is 4.72 Å². The second-order valence-electron chi connectivity index (χ2n) is 6.72. The van der Waals surface area contributed by atoms with Gasteiger partial charge in [-0.1, -0.05) is 27.7 Å². The van der Waals surface area contributed by atoms with E-state index in [4.69, 9.17) is 0 Å². The average molecular weight is 263 g/mol. The lowest BCUT2D eigenvalue weighted by molar-refractivity contribution is 0.0482. The first kappa shape index (κ1) is 17.1. The molecule has 0 aliphatic heterocycles. The molecular weight excluding hydrogens is 234 g/mol. The van der Waals surface area contributed by atoms with Gasteiger partial charge in [0.25, 0.3) is 0 Å². The molecule has 0 aromatic rings. The third kappa shape index (κ3) is 6.53. The van der Waals surface area contributed by atoms with Crippen LogP contribution in [0, 0.1) is 5.41 Å². The summed E-state index contributed by atoms with van der Waals surface area (Å²) in [6, 6.07) is 0.101. The minimum absolute atomic E-state index is 0.101. The number of aliphatic hydroxyl groups excluding tert-OH is 1. The molecule has 17 heavy (non-hydrogen) atoms. The highest BCUT2D eigenvalue weighted by atomic mass is 32.2. The Balaban J connectivity index is 4.42. The summed E-state index contributed by atoms with van der Waals surface area (Å²) in [4.78, 5) is 0. The number of rotatable bonds is 5. The van der Waals surface area contributed by atoms with Crippen molar-refractivity contribution in [2.75, 3.05) is 0 Å². The number of nitrogens with one attached hydrogen (secondary N) is 1. The van der Waals surface area contributed by atoms with Crippen LogP contribution in [-0.4, -0.2) is 26.2 Å². The zero-order valence-corrected chi connectivity index (χ0v) is 13.1. The molecule has 0 aliphatic carbocycles. The standard InChI is InChI=1S/C13H29NO2S/c1-8-10(9-11(15)12(2,3)4)14-17(16)13(5,6)7/h10-11,14-15H,8-9H2,1-7H3/t10-,11+,17?/m1/s1. The number of hydrogen-bond acceptors (Lipinski definition) is 2. The summed E-state index contributed by atoms with van der Waals surface area (Å²) in [7, 11) is -1.07. The van der Waals surface area contributed by atoms with Crippen molar-refractivity contribution in [2.24, 2.45) is 5.41 Å². The molecule has 0 heterocycles. The molecule has 0 amide bonds. The second kappa shape index (κ2) is 6.30. The molecule has 1 unspecified atom stereocenters. The van der Waals surface area contributed by atoms with Crippen LogP contribution >= 0.6 is 0 Å². The Hall–Kier alpha value is 0.0700. The van der Waals surface area contributed by atoms with E-state index in [1.165, 1.54) is 0 Å². The SMILES string of the molecule is CC[C@H](C[C@H](O)C(C)(C)C)NS(=O)C(C)(C)C. The number of hydrogen-bond donors (Lipinski definition) is 2. The van der Waals surface area contributed by atoms with E-state index in [0.717, 1.165) is 6.42 Å². The number of aliphatic hydroxyl groups is 1. The van der Waals surface area contributed by atoms with Gasteiger partial charge in [-0.3, -0.25) is 0 Å². The highest BCUT2D eigenvalue weighted by Crippen LogP contribution is 2.24. The second-order valence-corrected chi connectivity index (χ2v) is 8.72. The summed E-state index contributed by atoms with van der Waals surface area (Å²) >= 11 is 0. The maximum Gasteiger partial charge on any atom is 0.0972 e. The Kier molecular flexibility index (Phi) is 6.33. The van der Waals surface area contributed by atoms with E-state index in [9.17, 15) is 9.32 Å². The molecule has 2 N–H and O–H groups in total. The molecule has 0 radical (unpaired) electrons. The molecule has 0 saturated carbocycles. The molecular formula is C13H29NO2S. The summed E-state index contributed by atoms with van der Waals surface area (Å²) in [5.74, 6) is 0. The molecule has 0 aliphatic rings. The Morgan fingerprint density at radius 2 is 1.65 bits per heavy atom. The molecule has 4 heteroatoms. The van der Waals surface area contributed by atoms with Crippen LogP contribution in [0.4, 0.5) is 0 Å². The van der Waals surface area contributed by atoms with Gasteiger partial charge in [0, 0.05) is 6.04 Å². The summed E-state index contributed by atoms with van der Waals surface area (Å²) in [5.41, 5.74) is -0.127. The van der Waals surface area contributed by atoms with Crippen molar-refractivity contribution in [3.05, 3.63) is 0 Å². The van der Waals surface area contributed by atoms with Crippen molar-refractivity contribution in [1.82, 2.24) is 4.72 Å². The van der Waals surface area contributed by atoms with Crippen molar-refractivity contribution in [3.8, 4) is 0 Å². The monoisotopic (exact) mass is 263 g/mol. The van der Waals surface area contributed by atoms with Crippen LogP contribution in [0.2, 0.25) is 0 Å². The normalized spacial score (nSPS) is 18.8. The highest BCUT2D eigenvalue weighted by Gasteiger charge is 2.27. The largest absolute Gasteiger partial charge is 0.393 e. The molecule has 0 spiro atoms. The van der Waals surface area contributed by atoms with Gasteiger partial charge in [-0.2, -0.15) is 0 Å². The lowest BCUT2D eigenvalue weighted by Crippen LogP contribution is -2.42. The smallest absolute Gasteiger partial charge is 0.0972 e. The van der Waals surface area contributed by atoms with Crippen LogP contribution in [0.3, 0.4) is 0 Å². The first-order valence-electron chi connectivity index (χ1n) is 6.34. The van der Waals surface area contributed by atoms with E-state index in [-0.39, 0.29) is 22.3 Å². The average Bonchev–Trinajstić information content (AvgIpc) is 2.13. The van der Waals surface area contributed by atoms with E-state index in [2.05, 4.69) is 4.72 Å². The van der Waals surface area contributed by atoms with Gasteiger partial charge in [0.05, 0.1) is 21.8 Å². The van der Waals surface area contributed by atoms with Gasteiger partial charge in [0.2, 0.25) is 0 Å². The molecule has 3 atom stereocenters. The van der Waals surface area contributed by atoms with Crippen LogP contribution in [0.15, 0.2) is 0 Å². The predicted octanol–water partition coefficient (Wildman–Crippen LogP) is 2.61. The third-order valence-electron chi connectivity index (χ3n) is 2.83. The lowest BCUT2D eigenvalue weighted by Gasteiger charge is -2.30. The van der Waals surface area contributed by atoms with Crippen molar-refractivity contribution in [3.63, 3.8) is 0 Å². The Labute approximate surface area is 109 Å². The zero-order chi connectivity index (χ0) is 13.9. The van der Waals surface area contributed by atoms with Gasteiger partial charge < -0.3 is 5.11 Å². The first-order chi connectivity index (χ1) is 7.48. The van der Waals surface area contributed by atoms with E-state index in [0.29, 0.717) is 6.42 Å². The lowest BCUT2D eigenvalue weighted by atomic mass is 9.85. The predicted molar refractivity (Wildman–Crippen MR) is 75.2 cm³/mol. The van der Waals surface area contributed by atoms with Crippen LogP contribution in [0.25, 0.3) is 0 Å². The van der Waals surface area contributed by atoms with Crippen LogP contribution in [0.1, 0.15) is 61.3 Å². The minimum atomic E-state index is -1.07. The van der Waals surface area contributed by atoms with Crippen molar-refractivity contribution in [1.29, 1.82) is 0 Å². The first-order valence-corrected chi connectivity index (χ1v) is 7.49. The minimum Gasteiger partial charge on any atom is -0.393 e. The van der Waals surface area contributed by atoms with Gasteiger partial charge >= 0.3 is 0 Å². The van der Waals surface area contributed by atoms with Gasteiger partial charge in [-0.05, 0) is 39.0 Å². The summed E-state index contributed by atoms with van der Waals surface area (Å²) < 4.78 is 14.8. The van der Waals surface area contributed by atoms with Gasteiger partial charge in [0.1, 0.15) is 0 Å². The molecule has 0 bridgehead atoms. The Morgan fingerprint density at radius 3 is 1.94 bits per heavy atom. The summed E-state index contributed by atoms with van der Waals surface area (Å²) in [6.07, 6.45) is 1.13. The highest BCUT2D eigenvalue weighted by molar-refractivity contribution is 7.84.